The molecule has 0 aliphatic heterocycles. The van der Waals surface area contributed by atoms with Crippen molar-refractivity contribution in [3.63, 3.8) is 0 Å². The van der Waals surface area contributed by atoms with E-state index in [1.165, 1.54) is 76.2 Å². The summed E-state index contributed by atoms with van der Waals surface area (Å²) in [6, 6.07) is 19.1. The van der Waals surface area contributed by atoms with E-state index < -0.39 is 0 Å². The van der Waals surface area contributed by atoms with Gasteiger partial charge in [0.05, 0.1) is 0 Å². The topological polar surface area (TPSA) is 13.1 Å². The molecule has 0 aliphatic carbocycles. The summed E-state index contributed by atoms with van der Waals surface area (Å²) in [6.07, 6.45) is 18.3. The Kier molecular flexibility index (Phi) is 11.6. The van der Waals surface area contributed by atoms with E-state index in [0.717, 1.165) is 58.5 Å². The minimum absolute atomic E-state index is 0.253. The van der Waals surface area contributed by atoms with Crippen molar-refractivity contribution in [3.05, 3.63) is 76.2 Å². The van der Waals surface area contributed by atoms with Crippen LogP contribution >= 0.6 is 12.2 Å². The maximum absolute atomic E-state index is 15.5. The van der Waals surface area contributed by atoms with E-state index in [0.29, 0.717) is 10.3 Å². The van der Waals surface area contributed by atoms with Gasteiger partial charge >= 0.3 is 0 Å². The molecular formula is C36H45FOS. The summed E-state index contributed by atoms with van der Waals surface area (Å²) in [4.78, 5) is 0. The van der Waals surface area contributed by atoms with Crippen LogP contribution in [-0.2, 0) is 12.8 Å². The molecule has 0 unspecified atom stereocenters. The Hall–Kier alpha value is -2.52. The van der Waals surface area contributed by atoms with Crippen LogP contribution in [0.4, 0.5) is 4.39 Å². The van der Waals surface area contributed by atoms with Crippen molar-refractivity contribution in [3.8, 4) is 11.1 Å². The van der Waals surface area contributed by atoms with Gasteiger partial charge in [0, 0.05) is 10.8 Å². The van der Waals surface area contributed by atoms with Crippen molar-refractivity contribution in [1.29, 1.82) is 0 Å². The van der Waals surface area contributed by atoms with Gasteiger partial charge in [-0.05, 0) is 71.6 Å². The quantitative estimate of drug-likeness (QED) is 0.0790. The highest BCUT2D eigenvalue weighted by Crippen LogP contribution is 2.33. The molecule has 0 spiro atoms. The van der Waals surface area contributed by atoms with E-state index in [-0.39, 0.29) is 5.82 Å². The SMILES string of the molecule is CCCCCCCCCc1ccc2c(oc(=S)c3cc(-c4ccc(CCCCCCCC)cc4)ccc32)c1F. The van der Waals surface area contributed by atoms with Gasteiger partial charge in [-0.25, -0.2) is 4.39 Å². The average Bonchev–Trinajstić information content (AvgIpc) is 2.96. The van der Waals surface area contributed by atoms with E-state index in [1.54, 1.807) is 0 Å². The van der Waals surface area contributed by atoms with E-state index in [4.69, 9.17) is 16.6 Å². The van der Waals surface area contributed by atoms with Crippen molar-refractivity contribution in [2.24, 2.45) is 0 Å². The van der Waals surface area contributed by atoms with E-state index in [2.05, 4.69) is 56.3 Å². The minimum atomic E-state index is -0.253. The molecule has 4 rings (SSSR count). The number of hydrogen-bond donors (Lipinski definition) is 0. The largest absolute Gasteiger partial charge is 0.441 e. The summed E-state index contributed by atoms with van der Waals surface area (Å²) in [5, 5.41) is 2.61. The summed E-state index contributed by atoms with van der Waals surface area (Å²) >= 11 is 5.62. The number of aryl methyl sites for hydroxylation is 2. The molecule has 1 aromatic heterocycles. The van der Waals surface area contributed by atoms with Crippen LogP contribution < -0.4 is 0 Å². The molecule has 1 heterocycles. The highest BCUT2D eigenvalue weighted by molar-refractivity contribution is 7.71. The standard InChI is InChI=1S/C36H45FOS/c1-3-5-7-9-11-13-15-17-29-22-25-32-31-24-23-30(26-33(31)36(39)38-35(32)34(29)37)28-20-18-27(19-21-28)16-14-12-10-8-6-4-2/h18-26H,3-17H2,1-2H3. The molecule has 4 aromatic rings. The molecule has 0 saturated carbocycles. The number of fused-ring (bicyclic) bond motifs is 3. The third-order valence-electron chi connectivity index (χ3n) is 8.06. The van der Waals surface area contributed by atoms with Crippen LogP contribution in [0, 0.1) is 10.5 Å². The zero-order valence-electron chi connectivity index (χ0n) is 24.0. The molecule has 3 aromatic carbocycles. The van der Waals surface area contributed by atoms with Crippen molar-refractivity contribution in [2.75, 3.05) is 0 Å². The molecule has 0 aliphatic rings. The molecule has 0 bridgehead atoms. The maximum atomic E-state index is 15.5. The highest BCUT2D eigenvalue weighted by atomic mass is 32.1. The van der Waals surface area contributed by atoms with Crippen molar-refractivity contribution >= 4 is 34.0 Å². The lowest BCUT2D eigenvalue weighted by Gasteiger charge is -2.10. The molecule has 208 valence electrons. The fraction of sp³-hybridized carbons (Fsp3) is 0.472. The number of halogens is 1. The molecule has 0 saturated heterocycles. The molecule has 0 amide bonds. The van der Waals surface area contributed by atoms with Gasteiger partial charge in [0.1, 0.15) is 0 Å². The Morgan fingerprint density at radius 3 is 1.82 bits per heavy atom. The van der Waals surface area contributed by atoms with Crippen LogP contribution in [0.3, 0.4) is 0 Å². The van der Waals surface area contributed by atoms with Gasteiger partial charge in [-0.3, -0.25) is 0 Å². The molecule has 0 atom stereocenters. The van der Waals surface area contributed by atoms with Gasteiger partial charge in [0.25, 0.3) is 0 Å². The lowest BCUT2D eigenvalue weighted by molar-refractivity contribution is 0.533. The van der Waals surface area contributed by atoms with Crippen molar-refractivity contribution in [2.45, 2.75) is 110 Å². The first-order valence-corrected chi connectivity index (χ1v) is 15.8. The Balaban J connectivity index is 1.44. The van der Waals surface area contributed by atoms with Gasteiger partial charge < -0.3 is 4.42 Å². The molecule has 0 fully saturated rings. The van der Waals surface area contributed by atoms with Crippen molar-refractivity contribution < 1.29 is 8.81 Å². The smallest absolute Gasteiger partial charge is 0.198 e. The summed E-state index contributed by atoms with van der Waals surface area (Å²) < 4.78 is 21.8. The van der Waals surface area contributed by atoms with Crippen LogP contribution in [0.25, 0.3) is 32.9 Å². The maximum Gasteiger partial charge on any atom is 0.198 e. The predicted octanol–water partition coefficient (Wildman–Crippen LogP) is 12.3. The number of rotatable bonds is 16. The Morgan fingerprint density at radius 1 is 0.590 bits per heavy atom. The van der Waals surface area contributed by atoms with E-state index >= 15 is 4.39 Å². The van der Waals surface area contributed by atoms with Gasteiger partial charge in [-0.15, -0.1) is 0 Å². The Bertz CT molecular complexity index is 1390. The normalized spacial score (nSPS) is 11.6. The molecule has 3 heteroatoms. The van der Waals surface area contributed by atoms with Crippen LogP contribution in [0.2, 0.25) is 0 Å². The molecule has 0 N–H and O–H groups in total. The summed E-state index contributed by atoms with van der Waals surface area (Å²) in [6.45, 7) is 4.50. The third-order valence-corrected chi connectivity index (χ3v) is 8.36. The molecular weight excluding hydrogens is 499 g/mol. The van der Waals surface area contributed by atoms with Crippen LogP contribution in [0.1, 0.15) is 108 Å². The van der Waals surface area contributed by atoms with Crippen molar-refractivity contribution in [1.82, 2.24) is 0 Å². The molecule has 1 nitrogen and oxygen atoms in total. The fourth-order valence-corrected chi connectivity index (χ4v) is 5.88. The highest BCUT2D eigenvalue weighted by Gasteiger charge is 2.14. The lowest BCUT2D eigenvalue weighted by atomic mass is 9.97. The first-order valence-electron chi connectivity index (χ1n) is 15.4. The minimum Gasteiger partial charge on any atom is -0.441 e. The van der Waals surface area contributed by atoms with Crippen LogP contribution in [0.5, 0.6) is 0 Å². The monoisotopic (exact) mass is 544 g/mol. The van der Waals surface area contributed by atoms with Gasteiger partial charge in [0.15, 0.2) is 16.1 Å². The number of benzene rings is 3. The van der Waals surface area contributed by atoms with Gasteiger partial charge in [-0.1, -0.05) is 133 Å². The zero-order valence-corrected chi connectivity index (χ0v) is 24.8. The molecule has 39 heavy (non-hydrogen) atoms. The summed E-state index contributed by atoms with van der Waals surface area (Å²) in [5.41, 5.74) is 4.67. The summed E-state index contributed by atoms with van der Waals surface area (Å²) in [5.74, 6) is -0.253. The fourth-order valence-electron chi connectivity index (χ4n) is 5.62. The second-order valence-electron chi connectivity index (χ2n) is 11.2. The number of unbranched alkanes of at least 4 members (excludes halogenated alkanes) is 11. The summed E-state index contributed by atoms with van der Waals surface area (Å²) in [7, 11) is 0. The predicted molar refractivity (Wildman–Crippen MR) is 169 cm³/mol. The van der Waals surface area contributed by atoms with E-state index in [9.17, 15) is 0 Å². The van der Waals surface area contributed by atoms with Gasteiger partial charge in [-0.2, -0.15) is 0 Å². The third kappa shape index (κ3) is 8.01. The lowest BCUT2D eigenvalue weighted by Crippen LogP contribution is -1.94. The molecule has 0 radical (unpaired) electrons. The first-order chi connectivity index (χ1) is 19.1. The first kappa shape index (κ1) is 29.5. The van der Waals surface area contributed by atoms with E-state index in [1.807, 2.05) is 12.1 Å². The zero-order chi connectivity index (χ0) is 27.5. The van der Waals surface area contributed by atoms with Gasteiger partial charge in [0.2, 0.25) is 0 Å². The van der Waals surface area contributed by atoms with Crippen LogP contribution in [-0.4, -0.2) is 0 Å². The average molecular weight is 545 g/mol. The second-order valence-corrected chi connectivity index (χ2v) is 11.5. The Labute approximate surface area is 239 Å². The van der Waals surface area contributed by atoms with Crippen LogP contribution in [0.15, 0.2) is 59.0 Å². The number of hydrogen-bond acceptors (Lipinski definition) is 2. The second kappa shape index (κ2) is 15.3. The Morgan fingerprint density at radius 2 is 1.15 bits per heavy atom.